The minimum atomic E-state index is 0.601. The van der Waals surface area contributed by atoms with Gasteiger partial charge in [-0.05, 0) is 56.0 Å². The smallest absolute Gasteiger partial charge is 0.197 e. The summed E-state index contributed by atoms with van der Waals surface area (Å²) in [5.41, 5.74) is 5.14. The van der Waals surface area contributed by atoms with Gasteiger partial charge in [-0.2, -0.15) is 0 Å². The third-order valence-electron chi connectivity index (χ3n) is 3.41. The summed E-state index contributed by atoms with van der Waals surface area (Å²) in [7, 11) is 0. The van der Waals surface area contributed by atoms with Gasteiger partial charge >= 0.3 is 0 Å². The Morgan fingerprint density at radius 3 is 2.94 bits per heavy atom. The maximum absolute atomic E-state index is 5.17. The highest BCUT2D eigenvalue weighted by molar-refractivity contribution is 7.71. The standard InChI is InChI=1S/C13H14N2S/c1-8-10-7-6-9-4-2-3-5-11(9)12(10)15-13(16)14-8/h6-7H,2-5H2,1H3,(H,14,15,16). The first kappa shape index (κ1) is 9.97. The third-order valence-corrected chi connectivity index (χ3v) is 3.61. The number of nitrogens with zero attached hydrogens (tertiary/aromatic N) is 1. The predicted octanol–water partition coefficient (Wildman–Crippen LogP) is 3.48. The Morgan fingerprint density at radius 1 is 1.25 bits per heavy atom. The molecule has 3 heteroatoms. The summed E-state index contributed by atoms with van der Waals surface area (Å²) in [6.07, 6.45) is 4.92. The largest absolute Gasteiger partial charge is 0.334 e. The molecule has 1 aromatic carbocycles. The number of aromatic amines is 1. The molecule has 1 N–H and O–H groups in total. The zero-order chi connectivity index (χ0) is 11.1. The number of aryl methyl sites for hydroxylation is 3. The van der Waals surface area contributed by atoms with Gasteiger partial charge in [0.1, 0.15) is 0 Å². The van der Waals surface area contributed by atoms with E-state index in [4.69, 9.17) is 12.2 Å². The fourth-order valence-corrected chi connectivity index (χ4v) is 2.84. The minimum absolute atomic E-state index is 0.601. The lowest BCUT2D eigenvalue weighted by atomic mass is 9.89. The van der Waals surface area contributed by atoms with Gasteiger partial charge in [0.15, 0.2) is 4.77 Å². The van der Waals surface area contributed by atoms with Gasteiger partial charge < -0.3 is 4.98 Å². The fraction of sp³-hybridized carbons (Fsp3) is 0.385. The molecule has 3 rings (SSSR count). The van der Waals surface area contributed by atoms with Gasteiger partial charge in [0, 0.05) is 11.1 Å². The molecular weight excluding hydrogens is 216 g/mol. The Morgan fingerprint density at radius 2 is 2.06 bits per heavy atom. The van der Waals surface area contributed by atoms with Crippen molar-refractivity contribution in [2.45, 2.75) is 32.6 Å². The SMILES string of the molecule is Cc1[nH]c(=S)nc2c3c(ccc12)CCCC3. The molecule has 0 spiro atoms. The summed E-state index contributed by atoms with van der Waals surface area (Å²) in [5.74, 6) is 0. The van der Waals surface area contributed by atoms with Crippen molar-refractivity contribution in [1.29, 1.82) is 0 Å². The van der Waals surface area contributed by atoms with Crippen LogP contribution in [0.1, 0.15) is 29.7 Å². The molecule has 0 amide bonds. The molecule has 0 atom stereocenters. The van der Waals surface area contributed by atoms with E-state index in [1.807, 2.05) is 0 Å². The van der Waals surface area contributed by atoms with Crippen molar-refractivity contribution >= 4 is 23.1 Å². The van der Waals surface area contributed by atoms with E-state index in [0.29, 0.717) is 4.77 Å². The molecule has 0 aliphatic heterocycles. The number of fused-ring (bicyclic) bond motifs is 3. The minimum Gasteiger partial charge on any atom is -0.334 e. The molecule has 16 heavy (non-hydrogen) atoms. The molecule has 0 radical (unpaired) electrons. The van der Waals surface area contributed by atoms with Crippen LogP contribution in [0.3, 0.4) is 0 Å². The maximum atomic E-state index is 5.17. The number of aromatic nitrogens is 2. The van der Waals surface area contributed by atoms with Crippen LogP contribution in [0.4, 0.5) is 0 Å². The van der Waals surface area contributed by atoms with Gasteiger partial charge in [0.2, 0.25) is 0 Å². The van der Waals surface area contributed by atoms with Gasteiger partial charge in [-0.15, -0.1) is 0 Å². The van der Waals surface area contributed by atoms with Gasteiger partial charge in [0.25, 0.3) is 0 Å². The molecule has 0 saturated carbocycles. The Hall–Kier alpha value is -1.22. The topological polar surface area (TPSA) is 28.7 Å². The molecule has 1 aliphatic carbocycles. The molecule has 1 heterocycles. The van der Waals surface area contributed by atoms with E-state index in [-0.39, 0.29) is 0 Å². The van der Waals surface area contributed by atoms with Crippen LogP contribution in [-0.4, -0.2) is 9.97 Å². The Kier molecular flexibility index (Phi) is 2.28. The molecule has 1 aromatic heterocycles. The van der Waals surface area contributed by atoms with Crippen LogP contribution in [-0.2, 0) is 12.8 Å². The molecule has 0 bridgehead atoms. The summed E-state index contributed by atoms with van der Waals surface area (Å²) < 4.78 is 0.601. The zero-order valence-electron chi connectivity index (χ0n) is 9.34. The van der Waals surface area contributed by atoms with Crippen LogP contribution in [0.2, 0.25) is 0 Å². The lowest BCUT2D eigenvalue weighted by Crippen LogP contribution is -2.05. The van der Waals surface area contributed by atoms with Crippen LogP contribution >= 0.6 is 12.2 Å². The van der Waals surface area contributed by atoms with E-state index >= 15 is 0 Å². The van der Waals surface area contributed by atoms with Crippen LogP contribution in [0.15, 0.2) is 12.1 Å². The maximum Gasteiger partial charge on any atom is 0.197 e. The van der Waals surface area contributed by atoms with Crippen LogP contribution < -0.4 is 0 Å². The summed E-state index contributed by atoms with van der Waals surface area (Å²) >= 11 is 5.17. The summed E-state index contributed by atoms with van der Waals surface area (Å²) in [6.45, 7) is 2.06. The average molecular weight is 230 g/mol. The molecule has 0 saturated heterocycles. The van der Waals surface area contributed by atoms with E-state index in [9.17, 15) is 0 Å². The van der Waals surface area contributed by atoms with Crippen molar-refractivity contribution in [1.82, 2.24) is 9.97 Å². The van der Waals surface area contributed by atoms with Gasteiger partial charge in [-0.25, -0.2) is 4.98 Å². The first-order chi connectivity index (χ1) is 7.75. The first-order valence-corrected chi connectivity index (χ1v) is 6.18. The van der Waals surface area contributed by atoms with Crippen LogP contribution in [0, 0.1) is 11.7 Å². The number of benzene rings is 1. The third kappa shape index (κ3) is 1.47. The molecular formula is C13H14N2S. The van der Waals surface area contributed by atoms with E-state index in [1.165, 1.54) is 35.8 Å². The van der Waals surface area contributed by atoms with Crippen molar-refractivity contribution < 1.29 is 0 Å². The highest BCUT2D eigenvalue weighted by atomic mass is 32.1. The second kappa shape index (κ2) is 3.67. The highest BCUT2D eigenvalue weighted by Gasteiger charge is 2.14. The van der Waals surface area contributed by atoms with Crippen molar-refractivity contribution in [2.24, 2.45) is 0 Å². The summed E-state index contributed by atoms with van der Waals surface area (Å²) in [4.78, 5) is 7.63. The normalized spacial score (nSPS) is 15.1. The number of hydrogen-bond acceptors (Lipinski definition) is 2. The summed E-state index contributed by atoms with van der Waals surface area (Å²) in [5, 5.41) is 1.22. The van der Waals surface area contributed by atoms with Crippen LogP contribution in [0.25, 0.3) is 10.9 Å². The molecule has 0 unspecified atom stereocenters. The van der Waals surface area contributed by atoms with Crippen LogP contribution in [0.5, 0.6) is 0 Å². The Balaban J connectivity index is 2.42. The number of nitrogens with one attached hydrogen (secondary N) is 1. The lowest BCUT2D eigenvalue weighted by molar-refractivity contribution is 0.688. The monoisotopic (exact) mass is 230 g/mol. The zero-order valence-corrected chi connectivity index (χ0v) is 10.2. The molecule has 1 aliphatic rings. The second-order valence-electron chi connectivity index (χ2n) is 4.47. The van der Waals surface area contributed by atoms with Gasteiger partial charge in [0.05, 0.1) is 5.52 Å². The molecule has 2 aromatic rings. The van der Waals surface area contributed by atoms with Crippen molar-refractivity contribution in [3.63, 3.8) is 0 Å². The fourth-order valence-electron chi connectivity index (χ4n) is 2.60. The Bertz CT molecular complexity index is 613. The predicted molar refractivity (Wildman–Crippen MR) is 68.3 cm³/mol. The number of hydrogen-bond donors (Lipinski definition) is 1. The van der Waals surface area contributed by atoms with E-state index in [2.05, 4.69) is 29.0 Å². The van der Waals surface area contributed by atoms with Gasteiger partial charge in [-0.3, -0.25) is 0 Å². The first-order valence-electron chi connectivity index (χ1n) is 5.77. The lowest BCUT2D eigenvalue weighted by Gasteiger charge is -2.17. The van der Waals surface area contributed by atoms with Gasteiger partial charge in [-0.1, -0.05) is 12.1 Å². The van der Waals surface area contributed by atoms with E-state index in [0.717, 1.165) is 17.6 Å². The summed E-state index contributed by atoms with van der Waals surface area (Å²) in [6, 6.07) is 4.43. The number of rotatable bonds is 0. The van der Waals surface area contributed by atoms with E-state index in [1.54, 1.807) is 0 Å². The van der Waals surface area contributed by atoms with Crippen molar-refractivity contribution in [2.75, 3.05) is 0 Å². The van der Waals surface area contributed by atoms with Crippen molar-refractivity contribution in [3.05, 3.63) is 33.7 Å². The quantitative estimate of drug-likeness (QED) is 0.702. The number of H-pyrrole nitrogens is 1. The Labute approximate surface area is 99.7 Å². The molecule has 2 nitrogen and oxygen atoms in total. The average Bonchev–Trinajstić information content (AvgIpc) is 2.28. The molecule has 82 valence electrons. The molecule has 0 fully saturated rings. The second-order valence-corrected chi connectivity index (χ2v) is 4.86. The highest BCUT2D eigenvalue weighted by Crippen LogP contribution is 2.28. The van der Waals surface area contributed by atoms with Crippen molar-refractivity contribution in [3.8, 4) is 0 Å². The van der Waals surface area contributed by atoms with E-state index < -0.39 is 0 Å².